The van der Waals surface area contributed by atoms with Crippen LogP contribution in [0.4, 0.5) is 0 Å². The van der Waals surface area contributed by atoms with Crippen molar-refractivity contribution >= 4 is 0 Å². The summed E-state index contributed by atoms with van der Waals surface area (Å²) >= 11 is 0. The Labute approximate surface area is 127 Å². The van der Waals surface area contributed by atoms with Gasteiger partial charge in [0.25, 0.3) is 0 Å². The molecular weight excluding hydrogens is 264 g/mol. The van der Waals surface area contributed by atoms with E-state index in [4.69, 9.17) is 4.74 Å². The molecule has 0 radical (unpaired) electrons. The topological polar surface area (TPSA) is 33.5 Å². The quantitative estimate of drug-likeness (QED) is 0.814. The first kappa shape index (κ1) is 15.0. The molecule has 0 unspecified atom stereocenters. The van der Waals surface area contributed by atoms with E-state index in [1.165, 1.54) is 18.8 Å². The molecule has 0 aliphatic carbocycles. The lowest BCUT2D eigenvalue weighted by Crippen LogP contribution is -2.46. The highest BCUT2D eigenvalue weighted by Crippen LogP contribution is 2.20. The van der Waals surface area contributed by atoms with Gasteiger partial charge < -0.3 is 14.2 Å². The Kier molecular flexibility index (Phi) is 4.93. The highest BCUT2D eigenvalue weighted by Gasteiger charge is 2.23. The van der Waals surface area contributed by atoms with Gasteiger partial charge in [0.1, 0.15) is 5.82 Å². The van der Waals surface area contributed by atoms with Gasteiger partial charge in [0, 0.05) is 57.6 Å². The van der Waals surface area contributed by atoms with Gasteiger partial charge in [-0.25, -0.2) is 4.98 Å². The lowest BCUT2D eigenvalue weighted by atomic mass is 9.98. The highest BCUT2D eigenvalue weighted by atomic mass is 16.5. The number of ether oxygens (including phenoxy) is 1. The molecule has 3 heterocycles. The zero-order valence-corrected chi connectivity index (χ0v) is 13.4. The van der Waals surface area contributed by atoms with Gasteiger partial charge in [-0.05, 0) is 26.3 Å². The van der Waals surface area contributed by atoms with E-state index < -0.39 is 0 Å². The molecule has 3 rings (SSSR count). The second-order valence-corrected chi connectivity index (χ2v) is 6.60. The van der Waals surface area contributed by atoms with E-state index in [0.29, 0.717) is 6.04 Å². The summed E-state index contributed by atoms with van der Waals surface area (Å²) in [4.78, 5) is 9.47. The number of rotatable bonds is 5. The van der Waals surface area contributed by atoms with Crippen LogP contribution in [0.2, 0.25) is 0 Å². The van der Waals surface area contributed by atoms with E-state index in [2.05, 4.69) is 39.5 Å². The van der Waals surface area contributed by atoms with Crippen LogP contribution < -0.4 is 0 Å². The molecule has 2 aliphatic rings. The predicted octanol–water partition coefficient (Wildman–Crippen LogP) is 1.10. The summed E-state index contributed by atoms with van der Waals surface area (Å²) in [5.41, 5.74) is 0. The van der Waals surface area contributed by atoms with E-state index >= 15 is 0 Å². The zero-order valence-electron chi connectivity index (χ0n) is 13.4. The third-order valence-electron chi connectivity index (χ3n) is 4.96. The average Bonchev–Trinajstić information content (AvgIpc) is 2.95. The van der Waals surface area contributed by atoms with Gasteiger partial charge in [0.15, 0.2) is 0 Å². The Balaban J connectivity index is 1.46. The van der Waals surface area contributed by atoms with Crippen LogP contribution in [-0.2, 0) is 17.7 Å². The Bertz CT molecular complexity index is 441. The highest BCUT2D eigenvalue weighted by molar-refractivity contribution is 4.97. The van der Waals surface area contributed by atoms with Crippen LogP contribution in [0.25, 0.3) is 0 Å². The molecule has 1 fully saturated rings. The lowest BCUT2D eigenvalue weighted by Gasteiger charge is -2.35. The SMILES string of the molecule is C[C@@H](CN1CCOCC1)N(C)C[C@H]1CCc2nccn2C1. The maximum Gasteiger partial charge on any atom is 0.108 e. The van der Waals surface area contributed by atoms with Crippen molar-refractivity contribution in [3.05, 3.63) is 18.2 Å². The Morgan fingerprint density at radius 2 is 2.24 bits per heavy atom. The zero-order chi connectivity index (χ0) is 14.7. The average molecular weight is 292 g/mol. The Hall–Kier alpha value is -0.910. The molecule has 1 saturated heterocycles. The largest absolute Gasteiger partial charge is 0.379 e. The third kappa shape index (κ3) is 3.84. The number of fused-ring (bicyclic) bond motifs is 1. The minimum Gasteiger partial charge on any atom is -0.379 e. The van der Waals surface area contributed by atoms with E-state index in [1.54, 1.807) is 0 Å². The summed E-state index contributed by atoms with van der Waals surface area (Å²) in [5.74, 6) is 2.01. The molecule has 0 N–H and O–H groups in total. The number of hydrogen-bond donors (Lipinski definition) is 0. The van der Waals surface area contributed by atoms with Crippen LogP contribution >= 0.6 is 0 Å². The van der Waals surface area contributed by atoms with Crippen LogP contribution in [0.5, 0.6) is 0 Å². The van der Waals surface area contributed by atoms with Crippen molar-refractivity contribution in [1.29, 1.82) is 0 Å². The first-order valence-corrected chi connectivity index (χ1v) is 8.22. The van der Waals surface area contributed by atoms with Gasteiger partial charge in [0.05, 0.1) is 13.2 Å². The normalized spacial score (nSPS) is 25.0. The molecule has 118 valence electrons. The van der Waals surface area contributed by atoms with Crippen molar-refractivity contribution in [2.24, 2.45) is 5.92 Å². The standard InChI is InChI=1S/C16H28N4O/c1-14(11-19-7-9-21-10-8-19)18(2)12-15-3-4-16-17-5-6-20(16)13-15/h5-6,14-15H,3-4,7-13H2,1-2H3/t14-,15+/m0/s1. The van der Waals surface area contributed by atoms with Crippen LogP contribution in [0.15, 0.2) is 12.4 Å². The smallest absolute Gasteiger partial charge is 0.108 e. The maximum absolute atomic E-state index is 5.42. The second kappa shape index (κ2) is 6.90. The van der Waals surface area contributed by atoms with Crippen LogP contribution in [0, 0.1) is 5.92 Å². The van der Waals surface area contributed by atoms with E-state index in [1.807, 2.05) is 6.20 Å². The molecule has 0 saturated carbocycles. The minimum absolute atomic E-state index is 0.604. The van der Waals surface area contributed by atoms with Crippen molar-refractivity contribution < 1.29 is 4.74 Å². The number of aryl methyl sites for hydroxylation is 1. The van der Waals surface area contributed by atoms with Crippen LogP contribution in [0.3, 0.4) is 0 Å². The Morgan fingerprint density at radius 3 is 3.05 bits per heavy atom. The van der Waals surface area contributed by atoms with Gasteiger partial charge in [0.2, 0.25) is 0 Å². The van der Waals surface area contributed by atoms with E-state index in [-0.39, 0.29) is 0 Å². The molecule has 0 spiro atoms. The molecular formula is C16H28N4O. The number of aromatic nitrogens is 2. The summed E-state index contributed by atoms with van der Waals surface area (Å²) < 4.78 is 7.75. The van der Waals surface area contributed by atoms with Gasteiger partial charge >= 0.3 is 0 Å². The summed E-state index contributed by atoms with van der Waals surface area (Å²) in [7, 11) is 2.27. The number of imidazole rings is 1. The molecule has 1 aromatic heterocycles. The monoisotopic (exact) mass is 292 g/mol. The lowest BCUT2D eigenvalue weighted by molar-refractivity contribution is 0.0251. The van der Waals surface area contributed by atoms with E-state index in [9.17, 15) is 0 Å². The molecule has 2 aliphatic heterocycles. The summed E-state index contributed by atoms with van der Waals surface area (Å²) in [6.45, 7) is 9.77. The minimum atomic E-state index is 0.604. The fourth-order valence-corrected chi connectivity index (χ4v) is 3.47. The van der Waals surface area contributed by atoms with E-state index in [0.717, 1.165) is 51.7 Å². The van der Waals surface area contributed by atoms with Gasteiger partial charge in [-0.15, -0.1) is 0 Å². The summed E-state index contributed by atoms with van der Waals surface area (Å²) in [6, 6.07) is 0.604. The molecule has 0 aromatic carbocycles. The summed E-state index contributed by atoms with van der Waals surface area (Å²) in [5, 5.41) is 0. The third-order valence-corrected chi connectivity index (χ3v) is 4.96. The van der Waals surface area contributed by atoms with Crippen LogP contribution in [-0.4, -0.2) is 71.8 Å². The Morgan fingerprint density at radius 1 is 1.43 bits per heavy atom. The van der Waals surface area contributed by atoms with Crippen molar-refractivity contribution in [2.75, 3.05) is 46.4 Å². The first-order valence-electron chi connectivity index (χ1n) is 8.22. The molecule has 5 nitrogen and oxygen atoms in total. The van der Waals surface area contributed by atoms with Crippen molar-refractivity contribution in [3.8, 4) is 0 Å². The first-order chi connectivity index (χ1) is 10.2. The summed E-state index contributed by atoms with van der Waals surface area (Å²) in [6.07, 6.45) is 6.45. The van der Waals surface area contributed by atoms with Crippen molar-refractivity contribution in [3.63, 3.8) is 0 Å². The molecule has 0 amide bonds. The van der Waals surface area contributed by atoms with Crippen molar-refractivity contribution in [2.45, 2.75) is 32.4 Å². The number of morpholine rings is 1. The number of likely N-dealkylation sites (N-methyl/N-ethyl adjacent to an activating group) is 1. The fraction of sp³-hybridized carbons (Fsp3) is 0.812. The number of hydrogen-bond acceptors (Lipinski definition) is 4. The van der Waals surface area contributed by atoms with Gasteiger partial charge in [-0.1, -0.05) is 0 Å². The van der Waals surface area contributed by atoms with Gasteiger partial charge in [-0.3, -0.25) is 4.90 Å². The van der Waals surface area contributed by atoms with Gasteiger partial charge in [-0.2, -0.15) is 0 Å². The molecule has 1 aromatic rings. The number of nitrogens with zero attached hydrogens (tertiary/aromatic N) is 4. The molecule has 2 atom stereocenters. The fourth-order valence-electron chi connectivity index (χ4n) is 3.47. The van der Waals surface area contributed by atoms with Crippen molar-refractivity contribution in [1.82, 2.24) is 19.4 Å². The molecule has 0 bridgehead atoms. The molecule has 5 heteroatoms. The van der Waals surface area contributed by atoms with Crippen LogP contribution in [0.1, 0.15) is 19.2 Å². The second-order valence-electron chi connectivity index (χ2n) is 6.60. The predicted molar refractivity (Wildman–Crippen MR) is 83.4 cm³/mol. The molecule has 21 heavy (non-hydrogen) atoms. The maximum atomic E-state index is 5.42.